The van der Waals surface area contributed by atoms with Crippen LogP contribution in [0, 0.1) is 5.82 Å². The summed E-state index contributed by atoms with van der Waals surface area (Å²) in [4.78, 5) is 37.0. The number of hydrogen-bond donors (Lipinski definition) is 2. The molecule has 0 spiro atoms. The second-order valence-corrected chi connectivity index (χ2v) is 6.15. The molecule has 1 aromatic carbocycles. The first-order valence-corrected chi connectivity index (χ1v) is 8.26. The maximum Gasteiger partial charge on any atom is 0.255 e. The number of halogens is 1. The monoisotopic (exact) mass is 358 g/mol. The predicted octanol–water partition coefficient (Wildman–Crippen LogP) is 0.865. The molecule has 136 valence electrons. The standard InChI is InChI=1S/C18H19FN4O3/c19-13-10-12(23-9-2-1-5-17(23)25)6-7-14(13)21-16(24)11-22-8-3-4-15(22)18(20)26/h1-2,5-7,9-10,15H,3-4,8,11H2,(H2,20,26)(H,21,24)/t15-/m1/s1. The van der Waals surface area contributed by atoms with Crippen molar-refractivity contribution in [3.8, 4) is 5.69 Å². The van der Waals surface area contributed by atoms with E-state index in [1.165, 1.54) is 29.0 Å². The predicted molar refractivity (Wildman–Crippen MR) is 94.4 cm³/mol. The van der Waals surface area contributed by atoms with Crippen LogP contribution in [0.3, 0.4) is 0 Å². The number of carbonyl (C=O) groups excluding carboxylic acids is 2. The van der Waals surface area contributed by atoms with E-state index in [0.29, 0.717) is 18.7 Å². The third-order valence-electron chi connectivity index (χ3n) is 4.37. The van der Waals surface area contributed by atoms with Gasteiger partial charge in [0.05, 0.1) is 24.0 Å². The summed E-state index contributed by atoms with van der Waals surface area (Å²) < 4.78 is 15.6. The van der Waals surface area contributed by atoms with Crippen LogP contribution < -0.4 is 16.6 Å². The second kappa shape index (κ2) is 7.49. The number of pyridine rings is 1. The molecule has 1 aliphatic heterocycles. The molecule has 1 aliphatic rings. The largest absolute Gasteiger partial charge is 0.368 e. The topological polar surface area (TPSA) is 97.4 Å². The van der Waals surface area contributed by atoms with Crippen LogP contribution in [0.5, 0.6) is 0 Å². The van der Waals surface area contributed by atoms with Gasteiger partial charge in [-0.2, -0.15) is 0 Å². The number of primary amides is 1. The van der Waals surface area contributed by atoms with Crippen LogP contribution in [0.15, 0.2) is 47.4 Å². The Balaban J connectivity index is 1.70. The maximum atomic E-state index is 14.3. The van der Waals surface area contributed by atoms with Gasteiger partial charge < -0.3 is 11.1 Å². The molecule has 3 rings (SSSR count). The molecule has 1 fully saturated rings. The van der Waals surface area contributed by atoms with Crippen LogP contribution in [-0.2, 0) is 9.59 Å². The van der Waals surface area contributed by atoms with Crippen molar-refractivity contribution in [2.75, 3.05) is 18.4 Å². The van der Waals surface area contributed by atoms with Crippen molar-refractivity contribution in [2.24, 2.45) is 5.73 Å². The van der Waals surface area contributed by atoms with Gasteiger partial charge in [-0.25, -0.2) is 4.39 Å². The first-order valence-electron chi connectivity index (χ1n) is 8.26. The third-order valence-corrected chi connectivity index (χ3v) is 4.37. The van der Waals surface area contributed by atoms with Crippen LogP contribution in [-0.4, -0.2) is 40.4 Å². The Bertz CT molecular complexity index is 896. The Kier molecular flexibility index (Phi) is 5.13. The molecule has 0 unspecified atom stereocenters. The van der Waals surface area contributed by atoms with Crippen LogP contribution in [0.1, 0.15) is 12.8 Å². The molecule has 1 saturated heterocycles. The fourth-order valence-electron chi connectivity index (χ4n) is 3.11. The lowest BCUT2D eigenvalue weighted by molar-refractivity contribution is -0.123. The van der Waals surface area contributed by atoms with Gasteiger partial charge >= 0.3 is 0 Å². The van der Waals surface area contributed by atoms with Crippen molar-refractivity contribution >= 4 is 17.5 Å². The molecule has 0 radical (unpaired) electrons. The van der Waals surface area contributed by atoms with Crippen molar-refractivity contribution in [1.82, 2.24) is 9.47 Å². The second-order valence-electron chi connectivity index (χ2n) is 6.15. The number of aromatic nitrogens is 1. The molecule has 2 amide bonds. The normalized spacial score (nSPS) is 17.2. The summed E-state index contributed by atoms with van der Waals surface area (Å²) in [6.45, 7) is 0.562. The van der Waals surface area contributed by atoms with E-state index in [0.717, 1.165) is 6.42 Å². The summed E-state index contributed by atoms with van der Waals surface area (Å²) in [6, 6.07) is 8.30. The molecule has 26 heavy (non-hydrogen) atoms. The van der Waals surface area contributed by atoms with E-state index in [2.05, 4.69) is 5.32 Å². The van der Waals surface area contributed by atoms with Gasteiger partial charge in [0.2, 0.25) is 11.8 Å². The highest BCUT2D eigenvalue weighted by Crippen LogP contribution is 2.19. The summed E-state index contributed by atoms with van der Waals surface area (Å²) in [5, 5.41) is 2.49. The van der Waals surface area contributed by atoms with Gasteiger partial charge in [0.15, 0.2) is 0 Å². The lowest BCUT2D eigenvalue weighted by Crippen LogP contribution is -2.43. The number of benzene rings is 1. The molecule has 1 aromatic heterocycles. The average molecular weight is 358 g/mol. The Morgan fingerprint density at radius 2 is 2.08 bits per heavy atom. The van der Waals surface area contributed by atoms with Crippen molar-refractivity contribution in [2.45, 2.75) is 18.9 Å². The van der Waals surface area contributed by atoms with Gasteiger partial charge in [-0.3, -0.25) is 23.9 Å². The first-order chi connectivity index (χ1) is 12.5. The molecular formula is C18H19FN4O3. The number of hydrogen-bond acceptors (Lipinski definition) is 4. The lowest BCUT2D eigenvalue weighted by atomic mass is 10.2. The number of rotatable bonds is 5. The van der Waals surface area contributed by atoms with Crippen molar-refractivity contribution in [3.05, 3.63) is 58.8 Å². The van der Waals surface area contributed by atoms with Gasteiger partial charge in [-0.1, -0.05) is 6.07 Å². The number of amides is 2. The Hall–Kier alpha value is -3.00. The summed E-state index contributed by atoms with van der Waals surface area (Å²) in [6.07, 6.45) is 2.94. The highest BCUT2D eigenvalue weighted by molar-refractivity contribution is 5.93. The molecule has 2 aromatic rings. The van der Waals surface area contributed by atoms with E-state index in [9.17, 15) is 18.8 Å². The summed E-state index contributed by atoms with van der Waals surface area (Å²) in [5.41, 5.74) is 5.41. The first kappa shape index (κ1) is 17.8. The van der Waals surface area contributed by atoms with E-state index in [4.69, 9.17) is 5.73 Å². The minimum absolute atomic E-state index is 0.0116. The number of nitrogens with zero attached hydrogens (tertiary/aromatic N) is 2. The van der Waals surface area contributed by atoms with Crippen molar-refractivity contribution < 1.29 is 14.0 Å². The van der Waals surface area contributed by atoms with Crippen LogP contribution >= 0.6 is 0 Å². The van der Waals surface area contributed by atoms with Gasteiger partial charge in [-0.05, 0) is 37.6 Å². The maximum absolute atomic E-state index is 14.3. The van der Waals surface area contributed by atoms with Crippen LogP contribution in [0.25, 0.3) is 5.69 Å². The molecule has 7 nitrogen and oxygen atoms in total. The van der Waals surface area contributed by atoms with E-state index >= 15 is 0 Å². The molecule has 8 heteroatoms. The van der Waals surface area contributed by atoms with Gasteiger partial charge in [0.1, 0.15) is 5.82 Å². The van der Waals surface area contributed by atoms with Gasteiger partial charge in [0.25, 0.3) is 5.56 Å². The summed E-state index contributed by atoms with van der Waals surface area (Å²) >= 11 is 0. The molecule has 2 heterocycles. The van der Waals surface area contributed by atoms with Crippen LogP contribution in [0.4, 0.5) is 10.1 Å². The van der Waals surface area contributed by atoms with Crippen LogP contribution in [0.2, 0.25) is 0 Å². The van der Waals surface area contributed by atoms with E-state index in [1.54, 1.807) is 23.1 Å². The Morgan fingerprint density at radius 1 is 1.27 bits per heavy atom. The average Bonchev–Trinajstić information content (AvgIpc) is 3.05. The SMILES string of the molecule is NC(=O)[C@H]1CCCN1CC(=O)Nc1ccc(-n2ccccc2=O)cc1F. The summed E-state index contributed by atoms with van der Waals surface area (Å²) in [7, 11) is 0. The number of likely N-dealkylation sites (tertiary alicyclic amines) is 1. The smallest absolute Gasteiger partial charge is 0.255 e. The third kappa shape index (κ3) is 3.80. The fraction of sp³-hybridized carbons (Fsp3) is 0.278. The van der Waals surface area contributed by atoms with Gasteiger partial charge in [0, 0.05) is 18.3 Å². The zero-order valence-corrected chi connectivity index (χ0v) is 14.0. The molecule has 0 saturated carbocycles. The zero-order chi connectivity index (χ0) is 18.7. The zero-order valence-electron chi connectivity index (χ0n) is 14.0. The molecular weight excluding hydrogens is 339 g/mol. The minimum atomic E-state index is -0.653. The molecule has 0 aliphatic carbocycles. The number of nitrogens with two attached hydrogens (primary N) is 1. The number of nitrogens with one attached hydrogen (secondary N) is 1. The molecule has 0 bridgehead atoms. The van der Waals surface area contributed by atoms with E-state index in [-0.39, 0.29) is 17.8 Å². The number of anilines is 1. The van der Waals surface area contributed by atoms with Crippen molar-refractivity contribution in [3.63, 3.8) is 0 Å². The highest BCUT2D eigenvalue weighted by Gasteiger charge is 2.30. The quantitative estimate of drug-likeness (QED) is 0.829. The lowest BCUT2D eigenvalue weighted by Gasteiger charge is -2.21. The summed E-state index contributed by atoms with van der Waals surface area (Å²) in [5.74, 6) is -1.54. The Labute approximate surface area is 149 Å². The Morgan fingerprint density at radius 3 is 2.77 bits per heavy atom. The van der Waals surface area contributed by atoms with E-state index < -0.39 is 23.7 Å². The molecule has 3 N–H and O–H groups in total. The number of carbonyl (C=O) groups is 2. The minimum Gasteiger partial charge on any atom is -0.368 e. The van der Waals surface area contributed by atoms with Gasteiger partial charge in [-0.15, -0.1) is 0 Å². The fourth-order valence-corrected chi connectivity index (χ4v) is 3.11. The van der Waals surface area contributed by atoms with E-state index in [1.807, 2.05) is 0 Å². The molecule has 1 atom stereocenters. The highest BCUT2D eigenvalue weighted by atomic mass is 19.1. The van der Waals surface area contributed by atoms with Crippen molar-refractivity contribution in [1.29, 1.82) is 0 Å².